The number of amides is 1. The lowest BCUT2D eigenvalue weighted by Crippen LogP contribution is -2.37. The summed E-state index contributed by atoms with van der Waals surface area (Å²) in [4.78, 5) is 32.9. The molecule has 1 amide bonds. The van der Waals surface area contributed by atoms with Gasteiger partial charge in [0.2, 0.25) is 5.91 Å². The molecule has 0 aromatic rings. The van der Waals surface area contributed by atoms with E-state index < -0.39 is 18.0 Å². The van der Waals surface area contributed by atoms with E-state index in [0.717, 1.165) is 0 Å². The molecule has 1 N–H and O–H groups in total. The SMILES string of the molecule is CC[C@H](COC(=O)C[C@@H](C)OC(C)=O)NC(C)=O. The van der Waals surface area contributed by atoms with Crippen molar-refractivity contribution in [2.75, 3.05) is 6.61 Å². The zero-order valence-electron chi connectivity index (χ0n) is 11.3. The summed E-state index contributed by atoms with van der Waals surface area (Å²) < 4.78 is 9.81. The van der Waals surface area contributed by atoms with Gasteiger partial charge in [-0.05, 0) is 13.3 Å². The average Bonchev–Trinajstić information content (AvgIpc) is 2.22. The summed E-state index contributed by atoms with van der Waals surface area (Å²) in [6.45, 7) is 6.32. The van der Waals surface area contributed by atoms with Crippen LogP contribution in [0.1, 0.15) is 40.5 Å². The van der Waals surface area contributed by atoms with Crippen molar-refractivity contribution in [2.45, 2.75) is 52.7 Å². The zero-order valence-corrected chi connectivity index (χ0v) is 11.3. The molecule has 18 heavy (non-hydrogen) atoms. The number of ether oxygens (including phenoxy) is 2. The topological polar surface area (TPSA) is 81.7 Å². The maximum Gasteiger partial charge on any atom is 0.309 e. The van der Waals surface area contributed by atoms with Gasteiger partial charge in [0.15, 0.2) is 0 Å². The Labute approximate surface area is 107 Å². The van der Waals surface area contributed by atoms with Crippen molar-refractivity contribution in [2.24, 2.45) is 0 Å². The van der Waals surface area contributed by atoms with Crippen LogP contribution in [0, 0.1) is 0 Å². The largest absolute Gasteiger partial charge is 0.463 e. The first-order valence-electron chi connectivity index (χ1n) is 5.95. The first kappa shape index (κ1) is 16.4. The molecule has 0 fully saturated rings. The Morgan fingerprint density at radius 1 is 1.22 bits per heavy atom. The highest BCUT2D eigenvalue weighted by molar-refractivity contribution is 5.73. The summed E-state index contributed by atoms with van der Waals surface area (Å²) in [5, 5.41) is 2.67. The van der Waals surface area contributed by atoms with Crippen LogP contribution in [-0.4, -0.2) is 36.6 Å². The van der Waals surface area contributed by atoms with Gasteiger partial charge in [-0.15, -0.1) is 0 Å². The van der Waals surface area contributed by atoms with Crippen molar-refractivity contribution >= 4 is 17.8 Å². The molecule has 0 spiro atoms. The van der Waals surface area contributed by atoms with Gasteiger partial charge in [-0.3, -0.25) is 14.4 Å². The maximum absolute atomic E-state index is 11.4. The van der Waals surface area contributed by atoms with Crippen LogP contribution in [0.3, 0.4) is 0 Å². The van der Waals surface area contributed by atoms with Crippen molar-refractivity contribution in [1.82, 2.24) is 5.32 Å². The molecule has 104 valence electrons. The third-order valence-corrected chi connectivity index (χ3v) is 2.17. The summed E-state index contributed by atoms with van der Waals surface area (Å²) in [5.74, 6) is -1.04. The minimum atomic E-state index is -0.504. The van der Waals surface area contributed by atoms with Crippen LogP contribution >= 0.6 is 0 Å². The van der Waals surface area contributed by atoms with Crippen LogP contribution in [0.25, 0.3) is 0 Å². The molecule has 0 aliphatic carbocycles. The van der Waals surface area contributed by atoms with Gasteiger partial charge in [-0.1, -0.05) is 6.92 Å². The first-order chi connectivity index (χ1) is 8.35. The summed E-state index contributed by atoms with van der Waals surface area (Å²) in [6, 6.07) is -0.185. The summed E-state index contributed by atoms with van der Waals surface area (Å²) >= 11 is 0. The fourth-order valence-electron chi connectivity index (χ4n) is 1.36. The molecule has 0 aliphatic heterocycles. The normalized spacial score (nSPS) is 13.3. The molecule has 0 unspecified atom stereocenters. The molecule has 0 heterocycles. The van der Waals surface area contributed by atoms with Crippen molar-refractivity contribution in [3.63, 3.8) is 0 Å². The minimum Gasteiger partial charge on any atom is -0.463 e. The Morgan fingerprint density at radius 2 is 1.83 bits per heavy atom. The average molecular weight is 259 g/mol. The molecule has 0 saturated carbocycles. The van der Waals surface area contributed by atoms with E-state index in [2.05, 4.69) is 5.32 Å². The lowest BCUT2D eigenvalue weighted by Gasteiger charge is -2.17. The number of rotatable bonds is 7. The third-order valence-electron chi connectivity index (χ3n) is 2.17. The predicted octanol–water partition coefficient (Wildman–Crippen LogP) is 0.786. The highest BCUT2D eigenvalue weighted by Crippen LogP contribution is 2.01. The summed E-state index contributed by atoms with van der Waals surface area (Å²) in [5.41, 5.74) is 0. The summed E-state index contributed by atoms with van der Waals surface area (Å²) in [7, 11) is 0. The van der Waals surface area contributed by atoms with E-state index in [-0.39, 0.29) is 25.0 Å². The molecule has 0 aliphatic rings. The first-order valence-corrected chi connectivity index (χ1v) is 5.95. The minimum absolute atomic E-state index is 0.0100. The lowest BCUT2D eigenvalue weighted by atomic mass is 10.2. The van der Waals surface area contributed by atoms with Gasteiger partial charge in [0.25, 0.3) is 0 Å². The van der Waals surface area contributed by atoms with Crippen LogP contribution in [0.15, 0.2) is 0 Å². The molecule has 0 bridgehead atoms. The van der Waals surface area contributed by atoms with E-state index >= 15 is 0 Å². The van der Waals surface area contributed by atoms with E-state index in [1.54, 1.807) is 6.92 Å². The Bertz CT molecular complexity index is 303. The molecule has 0 rings (SSSR count). The highest BCUT2D eigenvalue weighted by atomic mass is 16.6. The smallest absolute Gasteiger partial charge is 0.309 e. The second kappa shape index (κ2) is 8.49. The molecule has 0 radical (unpaired) electrons. The quantitative estimate of drug-likeness (QED) is 0.683. The number of esters is 2. The fraction of sp³-hybridized carbons (Fsp3) is 0.750. The number of carbonyl (C=O) groups is 3. The Balaban J connectivity index is 3.93. The van der Waals surface area contributed by atoms with Gasteiger partial charge >= 0.3 is 11.9 Å². The number of carbonyl (C=O) groups excluding carboxylic acids is 3. The second-order valence-corrected chi connectivity index (χ2v) is 4.11. The lowest BCUT2D eigenvalue weighted by molar-refractivity contribution is -0.153. The molecule has 2 atom stereocenters. The maximum atomic E-state index is 11.4. The van der Waals surface area contributed by atoms with Gasteiger partial charge in [0.1, 0.15) is 12.7 Å². The Hall–Kier alpha value is -1.59. The number of hydrogen-bond acceptors (Lipinski definition) is 5. The van der Waals surface area contributed by atoms with E-state index in [9.17, 15) is 14.4 Å². The van der Waals surface area contributed by atoms with E-state index in [1.807, 2.05) is 6.92 Å². The number of hydrogen-bond donors (Lipinski definition) is 1. The number of nitrogens with one attached hydrogen (secondary N) is 1. The van der Waals surface area contributed by atoms with Crippen LogP contribution in [-0.2, 0) is 23.9 Å². The molecule has 0 saturated heterocycles. The van der Waals surface area contributed by atoms with Crippen molar-refractivity contribution < 1.29 is 23.9 Å². The van der Waals surface area contributed by atoms with Crippen molar-refractivity contribution in [3.8, 4) is 0 Å². The standard InChI is InChI=1S/C12H21NO5/c1-5-11(13-9(3)14)7-17-12(16)6-8(2)18-10(4)15/h8,11H,5-7H2,1-4H3,(H,13,14)/t8-,11-/m1/s1. The van der Waals surface area contributed by atoms with Crippen LogP contribution < -0.4 is 5.32 Å². The summed E-state index contributed by atoms with van der Waals surface area (Å²) in [6.07, 6.45) is 0.179. The molecular formula is C12H21NO5. The molecule has 0 aromatic heterocycles. The zero-order chi connectivity index (χ0) is 14.1. The highest BCUT2D eigenvalue weighted by Gasteiger charge is 2.15. The Kier molecular flexibility index (Phi) is 7.74. The van der Waals surface area contributed by atoms with Gasteiger partial charge in [-0.2, -0.15) is 0 Å². The monoisotopic (exact) mass is 259 g/mol. The molecule has 0 aromatic carbocycles. The van der Waals surface area contributed by atoms with Gasteiger partial charge < -0.3 is 14.8 Å². The third kappa shape index (κ3) is 8.55. The molecule has 6 heteroatoms. The van der Waals surface area contributed by atoms with Gasteiger partial charge in [-0.25, -0.2) is 0 Å². The van der Waals surface area contributed by atoms with E-state index in [0.29, 0.717) is 6.42 Å². The van der Waals surface area contributed by atoms with Gasteiger partial charge in [0, 0.05) is 13.8 Å². The van der Waals surface area contributed by atoms with Crippen LogP contribution in [0.2, 0.25) is 0 Å². The molecule has 6 nitrogen and oxygen atoms in total. The van der Waals surface area contributed by atoms with Crippen LogP contribution in [0.4, 0.5) is 0 Å². The van der Waals surface area contributed by atoms with E-state index in [1.165, 1.54) is 13.8 Å². The Morgan fingerprint density at radius 3 is 2.28 bits per heavy atom. The predicted molar refractivity (Wildman–Crippen MR) is 64.7 cm³/mol. The van der Waals surface area contributed by atoms with E-state index in [4.69, 9.17) is 9.47 Å². The fourth-order valence-corrected chi connectivity index (χ4v) is 1.36. The second-order valence-electron chi connectivity index (χ2n) is 4.11. The van der Waals surface area contributed by atoms with Gasteiger partial charge in [0.05, 0.1) is 12.5 Å². The van der Waals surface area contributed by atoms with Crippen LogP contribution in [0.5, 0.6) is 0 Å². The molecular weight excluding hydrogens is 238 g/mol. The van der Waals surface area contributed by atoms with Crippen molar-refractivity contribution in [3.05, 3.63) is 0 Å². The van der Waals surface area contributed by atoms with Crippen molar-refractivity contribution in [1.29, 1.82) is 0 Å².